The molecule has 1 aliphatic carbocycles. The molecule has 2 heterocycles. The summed E-state index contributed by atoms with van der Waals surface area (Å²) >= 11 is 0. The SMILES string of the molecule is O=C(Nc1ccc(N2CCCC2)cc1)C1(c2c[nH]c3cc(F)ccc23)CC1. The Bertz CT molecular complexity index is 998. The predicted octanol–water partition coefficient (Wildman–Crippen LogP) is 4.58. The maximum atomic E-state index is 13.4. The predicted molar refractivity (Wildman–Crippen MR) is 106 cm³/mol. The summed E-state index contributed by atoms with van der Waals surface area (Å²) in [6.45, 7) is 2.21. The van der Waals surface area contributed by atoms with Gasteiger partial charge in [-0.05, 0) is 73.7 Å². The molecule has 0 radical (unpaired) electrons. The van der Waals surface area contributed by atoms with E-state index in [4.69, 9.17) is 0 Å². The molecule has 138 valence electrons. The van der Waals surface area contributed by atoms with Gasteiger partial charge in [0.25, 0.3) is 0 Å². The van der Waals surface area contributed by atoms with Crippen molar-refractivity contribution in [2.45, 2.75) is 31.1 Å². The van der Waals surface area contributed by atoms with Gasteiger partial charge in [-0.3, -0.25) is 4.79 Å². The molecule has 5 rings (SSSR count). The molecule has 2 aliphatic rings. The summed E-state index contributed by atoms with van der Waals surface area (Å²) in [6.07, 6.45) is 5.97. The van der Waals surface area contributed by atoms with Gasteiger partial charge in [-0.15, -0.1) is 0 Å². The summed E-state index contributed by atoms with van der Waals surface area (Å²) in [6, 6.07) is 12.8. The van der Waals surface area contributed by atoms with Crippen LogP contribution in [0.2, 0.25) is 0 Å². The van der Waals surface area contributed by atoms with Crippen LogP contribution in [0.15, 0.2) is 48.7 Å². The van der Waals surface area contributed by atoms with Gasteiger partial charge in [-0.2, -0.15) is 0 Å². The molecular formula is C22H22FN3O. The molecule has 0 bridgehead atoms. The largest absolute Gasteiger partial charge is 0.372 e. The number of carbonyl (C=O) groups is 1. The first kappa shape index (κ1) is 16.4. The van der Waals surface area contributed by atoms with Gasteiger partial charge >= 0.3 is 0 Å². The molecule has 1 aliphatic heterocycles. The van der Waals surface area contributed by atoms with E-state index in [2.05, 4.69) is 27.3 Å². The van der Waals surface area contributed by atoms with E-state index in [9.17, 15) is 9.18 Å². The maximum absolute atomic E-state index is 13.4. The van der Waals surface area contributed by atoms with E-state index < -0.39 is 5.41 Å². The Labute approximate surface area is 157 Å². The van der Waals surface area contributed by atoms with Crippen LogP contribution in [0.3, 0.4) is 0 Å². The summed E-state index contributed by atoms with van der Waals surface area (Å²) in [5, 5.41) is 4.01. The molecule has 0 spiro atoms. The molecule has 1 saturated carbocycles. The number of rotatable bonds is 4. The van der Waals surface area contributed by atoms with E-state index >= 15 is 0 Å². The molecule has 1 aromatic heterocycles. The number of carbonyl (C=O) groups excluding carboxylic acids is 1. The van der Waals surface area contributed by atoms with E-state index in [1.54, 1.807) is 6.07 Å². The van der Waals surface area contributed by atoms with Crippen LogP contribution >= 0.6 is 0 Å². The fourth-order valence-corrected chi connectivity index (χ4v) is 4.22. The smallest absolute Gasteiger partial charge is 0.235 e. The first-order valence-electron chi connectivity index (χ1n) is 9.59. The summed E-state index contributed by atoms with van der Waals surface area (Å²) in [4.78, 5) is 18.5. The van der Waals surface area contributed by atoms with E-state index in [0.29, 0.717) is 0 Å². The van der Waals surface area contributed by atoms with E-state index in [0.717, 1.165) is 48.1 Å². The molecule has 2 aromatic carbocycles. The number of nitrogens with zero attached hydrogens (tertiary/aromatic N) is 1. The lowest BCUT2D eigenvalue weighted by Crippen LogP contribution is -2.27. The minimum Gasteiger partial charge on any atom is -0.372 e. The van der Waals surface area contributed by atoms with Crippen molar-refractivity contribution in [3.8, 4) is 0 Å². The molecule has 4 nitrogen and oxygen atoms in total. The number of amides is 1. The molecule has 1 saturated heterocycles. The molecule has 27 heavy (non-hydrogen) atoms. The van der Waals surface area contributed by atoms with Crippen molar-refractivity contribution < 1.29 is 9.18 Å². The highest BCUT2D eigenvalue weighted by atomic mass is 19.1. The summed E-state index contributed by atoms with van der Waals surface area (Å²) in [7, 11) is 0. The molecule has 1 amide bonds. The fourth-order valence-electron chi connectivity index (χ4n) is 4.22. The number of fused-ring (bicyclic) bond motifs is 1. The van der Waals surface area contributed by atoms with Crippen LogP contribution in [0, 0.1) is 5.82 Å². The number of nitrogens with one attached hydrogen (secondary N) is 2. The van der Waals surface area contributed by atoms with Crippen molar-refractivity contribution in [2.75, 3.05) is 23.3 Å². The average Bonchev–Trinajstić information content (AvgIpc) is 3.11. The zero-order valence-corrected chi connectivity index (χ0v) is 15.1. The first-order valence-corrected chi connectivity index (χ1v) is 9.59. The summed E-state index contributed by atoms with van der Waals surface area (Å²) < 4.78 is 13.4. The van der Waals surface area contributed by atoms with E-state index in [1.165, 1.54) is 30.7 Å². The van der Waals surface area contributed by atoms with Gasteiger partial charge in [-0.1, -0.05) is 0 Å². The molecular weight excluding hydrogens is 341 g/mol. The third-order valence-electron chi connectivity index (χ3n) is 5.94. The Morgan fingerprint density at radius 3 is 2.52 bits per heavy atom. The van der Waals surface area contributed by atoms with Gasteiger partial charge in [-0.25, -0.2) is 4.39 Å². The lowest BCUT2D eigenvalue weighted by atomic mass is 9.94. The molecule has 2 fully saturated rings. The van der Waals surface area contributed by atoms with Crippen LogP contribution in [0.25, 0.3) is 10.9 Å². The minimum atomic E-state index is -0.510. The number of aromatic amines is 1. The Morgan fingerprint density at radius 2 is 1.81 bits per heavy atom. The number of H-pyrrole nitrogens is 1. The number of halogens is 1. The van der Waals surface area contributed by atoms with Crippen LogP contribution in [0.4, 0.5) is 15.8 Å². The molecule has 2 N–H and O–H groups in total. The van der Waals surface area contributed by atoms with Gasteiger partial charge in [0.1, 0.15) is 5.82 Å². The van der Waals surface area contributed by atoms with Crippen molar-refractivity contribution >= 4 is 28.2 Å². The normalized spacial score (nSPS) is 18.0. The van der Waals surface area contributed by atoms with Gasteiger partial charge in [0.05, 0.1) is 5.41 Å². The van der Waals surface area contributed by atoms with Crippen molar-refractivity contribution in [1.29, 1.82) is 0 Å². The molecule has 0 atom stereocenters. The van der Waals surface area contributed by atoms with Crippen molar-refractivity contribution in [1.82, 2.24) is 4.98 Å². The Morgan fingerprint density at radius 1 is 1.07 bits per heavy atom. The zero-order valence-electron chi connectivity index (χ0n) is 15.1. The lowest BCUT2D eigenvalue weighted by Gasteiger charge is -2.19. The highest BCUT2D eigenvalue weighted by Gasteiger charge is 2.52. The Kier molecular flexibility index (Phi) is 3.71. The molecule has 3 aromatic rings. The topological polar surface area (TPSA) is 48.1 Å². The monoisotopic (exact) mass is 363 g/mol. The highest BCUT2D eigenvalue weighted by molar-refractivity contribution is 6.04. The number of hydrogen-bond donors (Lipinski definition) is 2. The second-order valence-corrected chi connectivity index (χ2v) is 7.67. The summed E-state index contributed by atoms with van der Waals surface area (Å²) in [5.74, 6) is -0.259. The van der Waals surface area contributed by atoms with Crippen LogP contribution in [-0.2, 0) is 10.2 Å². The van der Waals surface area contributed by atoms with Gasteiger partial charge < -0.3 is 15.2 Å². The van der Waals surface area contributed by atoms with Crippen LogP contribution in [0.5, 0.6) is 0 Å². The number of benzene rings is 2. The van der Waals surface area contributed by atoms with Crippen molar-refractivity contribution in [3.63, 3.8) is 0 Å². The number of hydrogen-bond acceptors (Lipinski definition) is 2. The van der Waals surface area contributed by atoms with E-state index in [-0.39, 0.29) is 11.7 Å². The number of aromatic nitrogens is 1. The second-order valence-electron chi connectivity index (χ2n) is 7.67. The Balaban J connectivity index is 1.37. The third kappa shape index (κ3) is 2.78. The van der Waals surface area contributed by atoms with Crippen molar-refractivity contribution in [2.24, 2.45) is 0 Å². The van der Waals surface area contributed by atoms with Gasteiger partial charge in [0.2, 0.25) is 5.91 Å². The second kappa shape index (κ2) is 6.12. The van der Waals surface area contributed by atoms with Crippen molar-refractivity contribution in [3.05, 3.63) is 60.0 Å². The fraction of sp³-hybridized carbons (Fsp3) is 0.318. The van der Waals surface area contributed by atoms with Crippen LogP contribution in [0.1, 0.15) is 31.2 Å². The van der Waals surface area contributed by atoms with Gasteiger partial charge in [0.15, 0.2) is 0 Å². The standard InChI is InChI=1S/C22H22FN3O/c23-15-3-8-18-19(14-24-20(18)13-15)22(9-10-22)21(27)25-16-4-6-17(7-5-16)26-11-1-2-12-26/h3-8,13-14,24H,1-2,9-12H2,(H,25,27). The maximum Gasteiger partial charge on any atom is 0.235 e. The molecule has 5 heteroatoms. The van der Waals surface area contributed by atoms with Crippen LogP contribution < -0.4 is 10.2 Å². The molecule has 0 unspecified atom stereocenters. The first-order chi connectivity index (χ1) is 13.2. The summed E-state index contributed by atoms with van der Waals surface area (Å²) in [5.41, 5.74) is 3.22. The van der Waals surface area contributed by atoms with E-state index in [1.807, 2.05) is 18.3 Å². The number of anilines is 2. The van der Waals surface area contributed by atoms with Crippen LogP contribution in [-0.4, -0.2) is 24.0 Å². The minimum absolute atomic E-state index is 0.0154. The Hall–Kier alpha value is -2.82. The van der Waals surface area contributed by atoms with Gasteiger partial charge in [0, 0.05) is 41.6 Å². The highest BCUT2D eigenvalue weighted by Crippen LogP contribution is 2.51. The zero-order chi connectivity index (χ0) is 18.4. The average molecular weight is 363 g/mol. The third-order valence-corrected chi connectivity index (χ3v) is 5.94. The quantitative estimate of drug-likeness (QED) is 0.713. The lowest BCUT2D eigenvalue weighted by molar-refractivity contribution is -0.118.